The maximum Gasteiger partial charge on any atom is 0.316 e. The molecule has 0 spiro atoms. The maximum absolute atomic E-state index is 11.7. The first-order valence-corrected chi connectivity index (χ1v) is 6.39. The number of hydrogen-bond donors (Lipinski definition) is 2. The zero-order chi connectivity index (χ0) is 15.9. The van der Waals surface area contributed by atoms with E-state index in [0.29, 0.717) is 0 Å². The van der Waals surface area contributed by atoms with E-state index in [1.807, 2.05) is 10.6 Å². The Morgan fingerprint density at radius 1 is 0.545 bits per heavy atom. The van der Waals surface area contributed by atoms with Crippen LogP contribution < -0.4 is 10.6 Å². The van der Waals surface area contributed by atoms with Crippen LogP contribution in [0.3, 0.4) is 0 Å². The van der Waals surface area contributed by atoms with Gasteiger partial charge < -0.3 is 0 Å². The van der Waals surface area contributed by atoms with E-state index in [2.05, 4.69) is 0 Å². The molecule has 2 aromatic rings. The van der Waals surface area contributed by atoms with Crippen LogP contribution in [0.1, 0.15) is 20.7 Å². The Morgan fingerprint density at radius 2 is 0.864 bits per heavy atom. The molecule has 0 aliphatic rings. The highest BCUT2D eigenvalue weighted by atomic mass is 16.2. The average molecular weight is 296 g/mol. The van der Waals surface area contributed by atoms with Crippen molar-refractivity contribution in [3.8, 4) is 0 Å². The van der Waals surface area contributed by atoms with Crippen LogP contribution in [-0.2, 0) is 9.59 Å². The lowest BCUT2D eigenvalue weighted by Crippen LogP contribution is -2.44. The standard InChI is InChI=1S/C16H12N2O4/c19-13(11-7-3-1-4-8-11)17-15(21)16(22)18-14(20)12-9-5-2-6-10-12/h1-10H,(H,17,19,21)(H,18,20,22). The molecule has 110 valence electrons. The number of carbonyl (C=O) groups excluding carboxylic acids is 4. The molecule has 0 aliphatic carbocycles. The predicted molar refractivity (Wildman–Crippen MR) is 77.8 cm³/mol. The second kappa shape index (κ2) is 6.94. The largest absolute Gasteiger partial charge is 0.316 e. The van der Waals surface area contributed by atoms with Gasteiger partial charge in [-0.3, -0.25) is 29.8 Å². The third kappa shape index (κ3) is 3.86. The number of nitrogens with one attached hydrogen (secondary N) is 2. The van der Waals surface area contributed by atoms with Crippen molar-refractivity contribution < 1.29 is 19.2 Å². The first kappa shape index (κ1) is 15.1. The quantitative estimate of drug-likeness (QED) is 0.805. The lowest BCUT2D eigenvalue weighted by Gasteiger charge is -2.05. The molecule has 0 saturated heterocycles. The van der Waals surface area contributed by atoms with Crippen molar-refractivity contribution in [2.24, 2.45) is 0 Å². The van der Waals surface area contributed by atoms with Gasteiger partial charge in [0.2, 0.25) is 0 Å². The summed E-state index contributed by atoms with van der Waals surface area (Å²) in [6, 6.07) is 15.9. The molecule has 0 unspecified atom stereocenters. The van der Waals surface area contributed by atoms with Gasteiger partial charge in [-0.25, -0.2) is 0 Å². The molecule has 0 atom stereocenters. The zero-order valence-electron chi connectivity index (χ0n) is 11.4. The molecule has 0 heterocycles. The van der Waals surface area contributed by atoms with E-state index in [0.717, 1.165) is 0 Å². The number of amides is 4. The number of benzene rings is 2. The molecule has 0 aromatic heterocycles. The monoisotopic (exact) mass is 296 g/mol. The van der Waals surface area contributed by atoms with Gasteiger partial charge in [0.25, 0.3) is 11.8 Å². The normalized spacial score (nSPS) is 9.64. The minimum atomic E-state index is -1.20. The SMILES string of the molecule is O=C(NC(=O)c1ccccc1)C(=O)NC(=O)c1ccccc1. The third-order valence-electron chi connectivity index (χ3n) is 2.73. The molecule has 2 rings (SSSR count). The maximum atomic E-state index is 11.7. The van der Waals surface area contributed by atoms with Crippen molar-refractivity contribution in [1.82, 2.24) is 10.6 Å². The van der Waals surface area contributed by atoms with Crippen LogP contribution in [0, 0.1) is 0 Å². The Hall–Kier alpha value is -3.28. The van der Waals surface area contributed by atoms with Crippen LogP contribution in [-0.4, -0.2) is 23.6 Å². The van der Waals surface area contributed by atoms with E-state index in [-0.39, 0.29) is 11.1 Å². The van der Waals surface area contributed by atoms with Crippen molar-refractivity contribution in [2.45, 2.75) is 0 Å². The fraction of sp³-hybridized carbons (Fsp3) is 0. The summed E-state index contributed by atoms with van der Waals surface area (Å²) in [4.78, 5) is 46.6. The lowest BCUT2D eigenvalue weighted by atomic mass is 10.2. The Bertz CT molecular complexity index is 648. The number of carbonyl (C=O) groups is 4. The zero-order valence-corrected chi connectivity index (χ0v) is 11.4. The van der Waals surface area contributed by atoms with Gasteiger partial charge in [0.05, 0.1) is 0 Å². The second-order valence-corrected chi connectivity index (χ2v) is 4.30. The molecule has 22 heavy (non-hydrogen) atoms. The summed E-state index contributed by atoms with van der Waals surface area (Å²) >= 11 is 0. The summed E-state index contributed by atoms with van der Waals surface area (Å²) in [5.74, 6) is -3.82. The highest BCUT2D eigenvalue weighted by Gasteiger charge is 2.20. The van der Waals surface area contributed by atoms with E-state index >= 15 is 0 Å². The van der Waals surface area contributed by atoms with Crippen molar-refractivity contribution in [2.75, 3.05) is 0 Å². The van der Waals surface area contributed by atoms with Gasteiger partial charge in [0.15, 0.2) is 0 Å². The molecule has 6 nitrogen and oxygen atoms in total. The molecule has 6 heteroatoms. The van der Waals surface area contributed by atoms with Crippen LogP contribution >= 0.6 is 0 Å². The predicted octanol–water partition coefficient (Wildman–Crippen LogP) is 0.900. The van der Waals surface area contributed by atoms with Crippen LogP contribution in [0.2, 0.25) is 0 Å². The molecular formula is C16H12N2O4. The van der Waals surface area contributed by atoms with E-state index in [4.69, 9.17) is 0 Å². The summed E-state index contributed by atoms with van der Waals surface area (Å²) < 4.78 is 0. The van der Waals surface area contributed by atoms with Crippen molar-refractivity contribution in [3.05, 3.63) is 71.8 Å². The molecule has 2 aromatic carbocycles. The van der Waals surface area contributed by atoms with E-state index in [9.17, 15) is 19.2 Å². The van der Waals surface area contributed by atoms with Crippen molar-refractivity contribution in [1.29, 1.82) is 0 Å². The summed E-state index contributed by atoms with van der Waals surface area (Å²) in [6.45, 7) is 0. The van der Waals surface area contributed by atoms with Crippen LogP contribution in [0.4, 0.5) is 0 Å². The molecule has 0 bridgehead atoms. The number of rotatable bonds is 2. The smallest absolute Gasteiger partial charge is 0.284 e. The summed E-state index contributed by atoms with van der Waals surface area (Å²) in [7, 11) is 0. The highest BCUT2D eigenvalue weighted by molar-refractivity contribution is 6.41. The second-order valence-electron chi connectivity index (χ2n) is 4.30. The highest BCUT2D eigenvalue weighted by Crippen LogP contribution is 1.99. The lowest BCUT2D eigenvalue weighted by molar-refractivity contribution is -0.138. The first-order chi connectivity index (χ1) is 10.6. The molecule has 0 radical (unpaired) electrons. The van der Waals surface area contributed by atoms with Gasteiger partial charge in [-0.1, -0.05) is 36.4 Å². The molecule has 4 amide bonds. The van der Waals surface area contributed by atoms with Gasteiger partial charge in [-0.15, -0.1) is 0 Å². The molecule has 0 aliphatic heterocycles. The Kier molecular flexibility index (Phi) is 4.77. The molecule has 2 N–H and O–H groups in total. The third-order valence-corrected chi connectivity index (χ3v) is 2.73. The van der Waals surface area contributed by atoms with Gasteiger partial charge in [0.1, 0.15) is 0 Å². The fourth-order valence-corrected chi connectivity index (χ4v) is 1.64. The first-order valence-electron chi connectivity index (χ1n) is 6.39. The van der Waals surface area contributed by atoms with Gasteiger partial charge >= 0.3 is 11.8 Å². The molecule has 0 saturated carbocycles. The number of imide groups is 2. The van der Waals surface area contributed by atoms with E-state index in [1.54, 1.807) is 36.4 Å². The minimum absolute atomic E-state index is 0.234. The average Bonchev–Trinajstić information content (AvgIpc) is 2.56. The minimum Gasteiger partial charge on any atom is -0.284 e. The molecular weight excluding hydrogens is 284 g/mol. The molecule has 0 fully saturated rings. The van der Waals surface area contributed by atoms with Crippen LogP contribution in [0.15, 0.2) is 60.7 Å². The van der Waals surface area contributed by atoms with E-state index < -0.39 is 23.6 Å². The van der Waals surface area contributed by atoms with Crippen LogP contribution in [0.25, 0.3) is 0 Å². The fourth-order valence-electron chi connectivity index (χ4n) is 1.64. The number of hydrogen-bond acceptors (Lipinski definition) is 4. The van der Waals surface area contributed by atoms with Crippen molar-refractivity contribution >= 4 is 23.6 Å². The van der Waals surface area contributed by atoms with E-state index in [1.165, 1.54) is 24.3 Å². The topological polar surface area (TPSA) is 92.3 Å². The van der Waals surface area contributed by atoms with Crippen molar-refractivity contribution in [3.63, 3.8) is 0 Å². The Morgan fingerprint density at radius 3 is 1.18 bits per heavy atom. The Labute approximate surface area is 126 Å². The summed E-state index contributed by atoms with van der Waals surface area (Å²) in [6.07, 6.45) is 0. The van der Waals surface area contributed by atoms with Gasteiger partial charge in [0, 0.05) is 11.1 Å². The van der Waals surface area contributed by atoms with Gasteiger partial charge in [-0.2, -0.15) is 0 Å². The summed E-state index contributed by atoms with van der Waals surface area (Å²) in [5.41, 5.74) is 0.469. The Balaban J connectivity index is 1.94. The van der Waals surface area contributed by atoms with Gasteiger partial charge in [-0.05, 0) is 24.3 Å². The van der Waals surface area contributed by atoms with Crippen LogP contribution in [0.5, 0.6) is 0 Å². The summed E-state index contributed by atoms with van der Waals surface area (Å²) in [5, 5.41) is 3.82.